The SMILES string of the molecule is Oc1ccc2cccc(O)c2c1.Oc1ccc2cccc(O)c2c1.Oc1ccc2cccc(O)c2c1.Oc1ccc2cccc(O)c2c1.S.S. The normalized spacial score (nSPS) is 9.92. The van der Waals surface area contributed by atoms with Crippen molar-refractivity contribution < 1.29 is 40.9 Å². The second-order valence-electron chi connectivity index (χ2n) is 10.7. The van der Waals surface area contributed by atoms with E-state index in [4.69, 9.17) is 20.4 Å². The molecule has 0 aromatic heterocycles. The highest BCUT2D eigenvalue weighted by atomic mass is 32.1. The van der Waals surface area contributed by atoms with Gasteiger partial charge in [-0.25, -0.2) is 0 Å². The van der Waals surface area contributed by atoms with Crippen LogP contribution in [0, 0.1) is 0 Å². The Bertz CT molecular complexity index is 2030. The van der Waals surface area contributed by atoms with Gasteiger partial charge in [-0.1, -0.05) is 72.8 Å². The van der Waals surface area contributed by atoms with Gasteiger partial charge in [0.2, 0.25) is 0 Å². The van der Waals surface area contributed by atoms with Gasteiger partial charge in [-0.15, -0.1) is 0 Å². The van der Waals surface area contributed by atoms with Crippen LogP contribution in [0.5, 0.6) is 46.0 Å². The van der Waals surface area contributed by atoms with Crippen molar-refractivity contribution in [1.29, 1.82) is 0 Å². The summed E-state index contributed by atoms with van der Waals surface area (Å²) < 4.78 is 0. The van der Waals surface area contributed by atoms with E-state index in [2.05, 4.69) is 0 Å². The van der Waals surface area contributed by atoms with Crippen LogP contribution in [0.3, 0.4) is 0 Å². The van der Waals surface area contributed by atoms with Crippen molar-refractivity contribution in [3.05, 3.63) is 146 Å². The minimum absolute atomic E-state index is 0. The molecular formula is C40H36O8S2. The van der Waals surface area contributed by atoms with Crippen molar-refractivity contribution in [1.82, 2.24) is 0 Å². The van der Waals surface area contributed by atoms with E-state index in [1.54, 1.807) is 121 Å². The molecule has 0 unspecified atom stereocenters. The molecule has 0 aliphatic heterocycles. The Labute approximate surface area is 301 Å². The Balaban J connectivity index is 0.000000178. The summed E-state index contributed by atoms with van der Waals surface area (Å²) in [5.41, 5.74) is 0. The van der Waals surface area contributed by atoms with Crippen LogP contribution in [-0.4, -0.2) is 40.9 Å². The van der Waals surface area contributed by atoms with Gasteiger partial charge in [0.15, 0.2) is 0 Å². The number of benzene rings is 8. The first-order chi connectivity index (χ1) is 23.1. The van der Waals surface area contributed by atoms with E-state index in [1.807, 2.05) is 24.3 Å². The molecule has 0 heterocycles. The number of phenolic OH excluding ortho intramolecular Hbond substituents is 8. The molecule has 8 aromatic carbocycles. The number of hydrogen-bond donors (Lipinski definition) is 8. The fraction of sp³-hybridized carbons (Fsp3) is 0. The molecular weight excluding hydrogens is 673 g/mol. The summed E-state index contributed by atoms with van der Waals surface area (Å²) in [6.45, 7) is 0. The zero-order valence-electron chi connectivity index (χ0n) is 26.4. The first-order valence-corrected chi connectivity index (χ1v) is 14.7. The zero-order valence-corrected chi connectivity index (χ0v) is 28.4. The van der Waals surface area contributed by atoms with Gasteiger partial charge in [0.25, 0.3) is 0 Å². The molecule has 0 fully saturated rings. The standard InChI is InChI=1S/4C10H8O2.2H2S/c4*11-8-5-4-7-2-1-3-10(12)9(7)6-8;;/h4*1-6,11-12H;2*1H2. The lowest BCUT2D eigenvalue weighted by Crippen LogP contribution is -1.72. The van der Waals surface area contributed by atoms with E-state index in [0.717, 1.165) is 21.5 Å². The largest absolute Gasteiger partial charge is 0.508 e. The van der Waals surface area contributed by atoms with Crippen molar-refractivity contribution >= 4 is 70.1 Å². The maximum atomic E-state index is 9.38. The zero-order chi connectivity index (χ0) is 34.2. The monoisotopic (exact) mass is 708 g/mol. The molecule has 0 saturated carbocycles. The van der Waals surface area contributed by atoms with Crippen molar-refractivity contribution in [2.75, 3.05) is 0 Å². The van der Waals surface area contributed by atoms with Crippen LogP contribution in [0.1, 0.15) is 0 Å². The number of fused-ring (bicyclic) bond motifs is 4. The molecule has 8 rings (SSSR count). The van der Waals surface area contributed by atoms with Gasteiger partial charge < -0.3 is 40.9 Å². The molecule has 0 radical (unpaired) electrons. The molecule has 0 saturated heterocycles. The highest BCUT2D eigenvalue weighted by Gasteiger charge is 2.01. The van der Waals surface area contributed by atoms with Crippen LogP contribution in [0.15, 0.2) is 146 Å². The van der Waals surface area contributed by atoms with Crippen molar-refractivity contribution in [2.24, 2.45) is 0 Å². The van der Waals surface area contributed by atoms with Crippen LogP contribution in [0.25, 0.3) is 43.1 Å². The predicted molar refractivity (Wildman–Crippen MR) is 210 cm³/mol. The first-order valence-electron chi connectivity index (χ1n) is 14.7. The summed E-state index contributed by atoms with van der Waals surface area (Å²) in [6.07, 6.45) is 0. The Morgan fingerprint density at radius 1 is 0.240 bits per heavy atom. The Morgan fingerprint density at radius 3 is 0.640 bits per heavy atom. The van der Waals surface area contributed by atoms with Gasteiger partial charge in [0, 0.05) is 21.5 Å². The topological polar surface area (TPSA) is 162 Å². The summed E-state index contributed by atoms with van der Waals surface area (Å²) in [5, 5.41) is 80.5. The fourth-order valence-corrected chi connectivity index (χ4v) is 4.98. The average Bonchev–Trinajstić information content (AvgIpc) is 3.07. The number of aromatic hydroxyl groups is 8. The quantitative estimate of drug-likeness (QED) is 0.0773. The van der Waals surface area contributed by atoms with Gasteiger partial charge >= 0.3 is 0 Å². The molecule has 50 heavy (non-hydrogen) atoms. The predicted octanol–water partition coefficient (Wildman–Crippen LogP) is 9.23. The van der Waals surface area contributed by atoms with E-state index < -0.39 is 0 Å². The lowest BCUT2D eigenvalue weighted by atomic mass is 10.1. The Kier molecular flexibility index (Phi) is 13.3. The molecule has 8 aromatic rings. The second-order valence-corrected chi connectivity index (χ2v) is 10.7. The molecule has 0 aliphatic carbocycles. The van der Waals surface area contributed by atoms with E-state index >= 15 is 0 Å². The lowest BCUT2D eigenvalue weighted by molar-refractivity contribution is 0.471. The minimum Gasteiger partial charge on any atom is -0.508 e. The Hall–Kier alpha value is -6.10. The summed E-state index contributed by atoms with van der Waals surface area (Å²) in [6, 6.07) is 40.7. The highest BCUT2D eigenvalue weighted by molar-refractivity contribution is 7.59. The van der Waals surface area contributed by atoms with Crippen LogP contribution < -0.4 is 0 Å². The maximum Gasteiger partial charge on any atom is 0.123 e. The van der Waals surface area contributed by atoms with Crippen molar-refractivity contribution in [3.8, 4) is 46.0 Å². The number of hydrogen-bond acceptors (Lipinski definition) is 8. The second kappa shape index (κ2) is 17.3. The molecule has 256 valence electrons. The van der Waals surface area contributed by atoms with Crippen LogP contribution in [0.2, 0.25) is 0 Å². The third-order valence-corrected chi connectivity index (χ3v) is 7.37. The third kappa shape index (κ3) is 9.50. The summed E-state index contributed by atoms with van der Waals surface area (Å²) in [5.74, 6) is 1.47. The summed E-state index contributed by atoms with van der Waals surface area (Å²) in [7, 11) is 0. The Morgan fingerprint density at radius 2 is 0.440 bits per heavy atom. The smallest absolute Gasteiger partial charge is 0.123 e. The highest BCUT2D eigenvalue weighted by Crippen LogP contribution is 2.30. The molecule has 0 spiro atoms. The maximum absolute atomic E-state index is 9.38. The van der Waals surface area contributed by atoms with E-state index in [1.165, 1.54) is 0 Å². The number of phenols is 8. The van der Waals surface area contributed by atoms with Gasteiger partial charge in [-0.3, -0.25) is 0 Å². The molecule has 0 atom stereocenters. The molecule has 0 bridgehead atoms. The van der Waals surface area contributed by atoms with Gasteiger partial charge in [0.05, 0.1) is 0 Å². The van der Waals surface area contributed by atoms with E-state index in [-0.39, 0.29) is 73.0 Å². The van der Waals surface area contributed by atoms with Crippen LogP contribution in [0.4, 0.5) is 0 Å². The van der Waals surface area contributed by atoms with Crippen LogP contribution in [-0.2, 0) is 0 Å². The average molecular weight is 709 g/mol. The first kappa shape index (κ1) is 38.3. The van der Waals surface area contributed by atoms with Gasteiger partial charge in [-0.05, 0) is 94.3 Å². The van der Waals surface area contributed by atoms with Gasteiger partial charge in [-0.2, -0.15) is 27.0 Å². The molecule has 8 N–H and O–H groups in total. The minimum atomic E-state index is 0. The third-order valence-electron chi connectivity index (χ3n) is 7.37. The van der Waals surface area contributed by atoms with E-state index in [9.17, 15) is 20.4 Å². The molecule has 8 nitrogen and oxygen atoms in total. The summed E-state index contributed by atoms with van der Waals surface area (Å²) in [4.78, 5) is 0. The molecule has 0 amide bonds. The van der Waals surface area contributed by atoms with Crippen molar-refractivity contribution in [3.63, 3.8) is 0 Å². The molecule has 10 heteroatoms. The summed E-state index contributed by atoms with van der Waals surface area (Å²) >= 11 is 0. The molecule has 0 aliphatic rings. The van der Waals surface area contributed by atoms with Crippen LogP contribution >= 0.6 is 27.0 Å². The fourth-order valence-electron chi connectivity index (χ4n) is 4.98. The van der Waals surface area contributed by atoms with Gasteiger partial charge in [0.1, 0.15) is 46.0 Å². The van der Waals surface area contributed by atoms with Crippen molar-refractivity contribution in [2.45, 2.75) is 0 Å². The lowest BCUT2D eigenvalue weighted by Gasteiger charge is -2.00. The van der Waals surface area contributed by atoms with E-state index in [0.29, 0.717) is 21.5 Å². The number of rotatable bonds is 0.